The topological polar surface area (TPSA) is 74.2 Å². The van der Waals surface area contributed by atoms with Gasteiger partial charge in [-0.15, -0.1) is 0 Å². The molecule has 2 aromatic rings. The third-order valence-corrected chi connectivity index (χ3v) is 3.02. The summed E-state index contributed by atoms with van der Waals surface area (Å²) in [4.78, 5) is 15.6. The Kier molecular flexibility index (Phi) is 5.72. The highest BCUT2D eigenvalue weighted by Gasteiger charge is 2.01. The predicted molar refractivity (Wildman–Crippen MR) is 81.6 cm³/mol. The number of benzene rings is 1. The van der Waals surface area contributed by atoms with Gasteiger partial charge < -0.3 is 15.7 Å². The summed E-state index contributed by atoms with van der Waals surface area (Å²) in [5, 5.41) is 14.1. The third kappa shape index (κ3) is 4.89. The van der Waals surface area contributed by atoms with Crippen molar-refractivity contribution in [2.24, 2.45) is 0 Å². The molecular weight excluding hydrogens is 266 g/mol. The monoisotopic (exact) mass is 285 g/mol. The van der Waals surface area contributed by atoms with Crippen molar-refractivity contribution >= 4 is 6.03 Å². The Morgan fingerprint density at radius 2 is 1.90 bits per heavy atom. The van der Waals surface area contributed by atoms with E-state index in [2.05, 4.69) is 15.6 Å². The molecule has 0 aliphatic rings. The van der Waals surface area contributed by atoms with Crippen LogP contribution in [-0.4, -0.2) is 29.3 Å². The van der Waals surface area contributed by atoms with Gasteiger partial charge >= 0.3 is 6.03 Å². The fraction of sp³-hybridized carbons (Fsp3) is 0.250. The van der Waals surface area contributed by atoms with E-state index >= 15 is 0 Å². The van der Waals surface area contributed by atoms with Gasteiger partial charge in [0.2, 0.25) is 0 Å². The molecule has 0 atom stereocenters. The van der Waals surface area contributed by atoms with E-state index in [1.54, 1.807) is 6.20 Å². The van der Waals surface area contributed by atoms with Crippen molar-refractivity contribution < 1.29 is 9.90 Å². The molecule has 1 aromatic heterocycles. The van der Waals surface area contributed by atoms with E-state index in [4.69, 9.17) is 5.11 Å². The molecule has 0 unspecified atom stereocenters. The first-order valence-corrected chi connectivity index (χ1v) is 6.91. The van der Waals surface area contributed by atoms with Crippen LogP contribution in [0.1, 0.15) is 12.0 Å². The molecular formula is C16H19N3O2. The minimum Gasteiger partial charge on any atom is -0.396 e. The number of aliphatic hydroxyl groups is 1. The second-order valence-electron chi connectivity index (χ2n) is 4.63. The maximum atomic E-state index is 11.5. The molecule has 0 aliphatic heterocycles. The first-order chi connectivity index (χ1) is 10.3. The lowest BCUT2D eigenvalue weighted by atomic mass is 10.1. The summed E-state index contributed by atoms with van der Waals surface area (Å²) in [6, 6.07) is 11.7. The number of hydrogen-bond donors (Lipinski definition) is 3. The van der Waals surface area contributed by atoms with E-state index in [1.807, 2.05) is 42.6 Å². The molecule has 5 heteroatoms. The van der Waals surface area contributed by atoms with Gasteiger partial charge in [-0.3, -0.25) is 4.98 Å². The second kappa shape index (κ2) is 8.01. The fourth-order valence-corrected chi connectivity index (χ4v) is 1.87. The van der Waals surface area contributed by atoms with Crippen LogP contribution < -0.4 is 10.6 Å². The summed E-state index contributed by atoms with van der Waals surface area (Å²) in [5.74, 6) is 0. The van der Waals surface area contributed by atoms with Gasteiger partial charge in [-0.05, 0) is 29.2 Å². The zero-order valence-electron chi connectivity index (χ0n) is 11.7. The Labute approximate surface area is 124 Å². The number of nitrogens with one attached hydrogen (secondary N) is 2. The smallest absolute Gasteiger partial charge is 0.315 e. The molecule has 21 heavy (non-hydrogen) atoms. The number of hydrogen-bond acceptors (Lipinski definition) is 3. The number of rotatable bonds is 6. The molecule has 0 fully saturated rings. The number of aromatic nitrogens is 1. The molecule has 3 N–H and O–H groups in total. The van der Waals surface area contributed by atoms with Gasteiger partial charge in [-0.1, -0.05) is 30.3 Å². The van der Waals surface area contributed by atoms with Crippen LogP contribution in [0.15, 0.2) is 48.8 Å². The maximum Gasteiger partial charge on any atom is 0.315 e. The van der Waals surface area contributed by atoms with Crippen molar-refractivity contribution in [2.75, 3.05) is 13.2 Å². The van der Waals surface area contributed by atoms with Crippen molar-refractivity contribution in [1.82, 2.24) is 15.6 Å². The average molecular weight is 285 g/mol. The summed E-state index contributed by atoms with van der Waals surface area (Å²) in [6.07, 6.45) is 4.13. The van der Waals surface area contributed by atoms with E-state index in [1.165, 1.54) is 0 Å². The highest BCUT2D eigenvalue weighted by Crippen LogP contribution is 2.18. The predicted octanol–water partition coefficient (Wildman–Crippen LogP) is 1.93. The molecule has 0 saturated heterocycles. The molecule has 2 amide bonds. The molecule has 110 valence electrons. The quantitative estimate of drug-likeness (QED) is 0.710. The van der Waals surface area contributed by atoms with Crippen LogP contribution in [0.5, 0.6) is 0 Å². The maximum absolute atomic E-state index is 11.5. The molecule has 0 radical (unpaired) electrons. The van der Waals surface area contributed by atoms with Crippen molar-refractivity contribution in [1.29, 1.82) is 0 Å². The van der Waals surface area contributed by atoms with Gasteiger partial charge in [-0.25, -0.2) is 4.79 Å². The Balaban J connectivity index is 1.84. The van der Waals surface area contributed by atoms with Gasteiger partial charge in [0.05, 0.1) is 0 Å². The highest BCUT2D eigenvalue weighted by atomic mass is 16.3. The van der Waals surface area contributed by atoms with Crippen LogP contribution in [0.25, 0.3) is 11.1 Å². The van der Waals surface area contributed by atoms with Gasteiger partial charge in [0.15, 0.2) is 0 Å². The van der Waals surface area contributed by atoms with E-state index < -0.39 is 0 Å². The number of carbonyl (C=O) groups excluding carboxylic acids is 1. The third-order valence-electron chi connectivity index (χ3n) is 3.02. The normalized spacial score (nSPS) is 10.1. The Morgan fingerprint density at radius 1 is 1.10 bits per heavy atom. The van der Waals surface area contributed by atoms with Crippen LogP contribution in [-0.2, 0) is 6.54 Å². The van der Waals surface area contributed by atoms with Crippen LogP contribution in [0.4, 0.5) is 4.79 Å². The van der Waals surface area contributed by atoms with E-state index in [0.29, 0.717) is 19.5 Å². The number of nitrogens with zero attached hydrogens (tertiary/aromatic N) is 1. The van der Waals surface area contributed by atoms with E-state index in [0.717, 1.165) is 16.7 Å². The van der Waals surface area contributed by atoms with Crippen molar-refractivity contribution in [3.05, 3.63) is 54.4 Å². The van der Waals surface area contributed by atoms with Gasteiger partial charge in [0.25, 0.3) is 0 Å². The lowest BCUT2D eigenvalue weighted by Gasteiger charge is -2.08. The number of aliphatic hydroxyl groups excluding tert-OH is 1. The summed E-state index contributed by atoms with van der Waals surface area (Å²) in [5.41, 5.74) is 3.19. The molecule has 2 rings (SSSR count). The summed E-state index contributed by atoms with van der Waals surface area (Å²) in [6.45, 7) is 1.02. The number of amides is 2. The van der Waals surface area contributed by atoms with Crippen molar-refractivity contribution in [2.45, 2.75) is 13.0 Å². The summed E-state index contributed by atoms with van der Waals surface area (Å²) in [7, 11) is 0. The minimum absolute atomic E-state index is 0.0794. The lowest BCUT2D eigenvalue weighted by Crippen LogP contribution is -2.35. The fourth-order valence-electron chi connectivity index (χ4n) is 1.87. The lowest BCUT2D eigenvalue weighted by molar-refractivity contribution is 0.238. The van der Waals surface area contributed by atoms with Crippen LogP contribution in [0.2, 0.25) is 0 Å². The molecule has 1 aromatic carbocycles. The van der Waals surface area contributed by atoms with Crippen LogP contribution in [0.3, 0.4) is 0 Å². The SMILES string of the molecule is O=C(NCCCO)NCc1ccc(-c2cccnc2)cc1. The number of pyridine rings is 1. The summed E-state index contributed by atoms with van der Waals surface area (Å²) < 4.78 is 0. The Hall–Kier alpha value is -2.40. The number of carbonyl (C=O) groups is 1. The second-order valence-corrected chi connectivity index (χ2v) is 4.63. The van der Waals surface area contributed by atoms with Gasteiger partial charge in [0, 0.05) is 32.1 Å². The molecule has 5 nitrogen and oxygen atoms in total. The molecule has 0 spiro atoms. The zero-order valence-corrected chi connectivity index (χ0v) is 11.7. The van der Waals surface area contributed by atoms with Gasteiger partial charge in [-0.2, -0.15) is 0 Å². The van der Waals surface area contributed by atoms with Crippen LogP contribution >= 0.6 is 0 Å². The minimum atomic E-state index is -0.222. The van der Waals surface area contributed by atoms with Gasteiger partial charge in [0.1, 0.15) is 0 Å². The average Bonchev–Trinajstić information content (AvgIpc) is 2.54. The Bertz CT molecular complexity index is 555. The Morgan fingerprint density at radius 3 is 2.57 bits per heavy atom. The first-order valence-electron chi connectivity index (χ1n) is 6.91. The van der Waals surface area contributed by atoms with Crippen molar-refractivity contribution in [3.8, 4) is 11.1 Å². The van der Waals surface area contributed by atoms with Crippen LogP contribution in [0, 0.1) is 0 Å². The highest BCUT2D eigenvalue weighted by molar-refractivity contribution is 5.73. The standard InChI is InChI=1S/C16H19N3O2/c20-10-2-9-18-16(21)19-11-13-4-6-14(7-5-13)15-3-1-8-17-12-15/h1,3-8,12,20H,2,9-11H2,(H2,18,19,21). The largest absolute Gasteiger partial charge is 0.396 e. The molecule has 0 saturated carbocycles. The van der Waals surface area contributed by atoms with Crippen molar-refractivity contribution in [3.63, 3.8) is 0 Å². The molecule has 1 heterocycles. The first kappa shape index (κ1) is 15.0. The summed E-state index contributed by atoms with van der Waals surface area (Å²) >= 11 is 0. The van der Waals surface area contributed by atoms with E-state index in [9.17, 15) is 4.79 Å². The molecule has 0 aliphatic carbocycles. The van der Waals surface area contributed by atoms with E-state index in [-0.39, 0.29) is 12.6 Å². The molecule has 0 bridgehead atoms. The number of urea groups is 1. The zero-order chi connectivity index (χ0) is 14.9.